The smallest absolute Gasteiger partial charge is 0.314 e. The van der Waals surface area contributed by atoms with Crippen molar-refractivity contribution in [3.8, 4) is 0 Å². The van der Waals surface area contributed by atoms with Crippen molar-refractivity contribution in [1.29, 1.82) is 0 Å². The van der Waals surface area contributed by atoms with Crippen LogP contribution in [0.15, 0.2) is 18.2 Å². The number of hydrogen-bond donors (Lipinski definition) is 1. The summed E-state index contributed by atoms with van der Waals surface area (Å²) in [6.45, 7) is 2.33. The maximum Gasteiger partial charge on any atom is 0.416 e. The Balaban J connectivity index is 0.00000182. The van der Waals surface area contributed by atoms with E-state index in [1.807, 2.05) is 4.90 Å². The van der Waals surface area contributed by atoms with Gasteiger partial charge in [-0.3, -0.25) is 4.90 Å². The predicted molar refractivity (Wildman–Crippen MR) is 95.5 cm³/mol. The van der Waals surface area contributed by atoms with Crippen LogP contribution >= 0.6 is 24.8 Å². The summed E-state index contributed by atoms with van der Waals surface area (Å²) in [6.07, 6.45) is -6.92. The van der Waals surface area contributed by atoms with Crippen LogP contribution in [0.3, 0.4) is 0 Å². The Labute approximate surface area is 166 Å². The van der Waals surface area contributed by atoms with E-state index >= 15 is 0 Å². The lowest BCUT2D eigenvalue weighted by atomic mass is 9.75. The minimum atomic E-state index is -4.67. The van der Waals surface area contributed by atoms with Crippen molar-refractivity contribution in [3.05, 3.63) is 34.9 Å². The first-order valence-corrected chi connectivity index (χ1v) is 8.41. The molecule has 0 amide bonds. The van der Waals surface area contributed by atoms with Crippen molar-refractivity contribution in [3.63, 3.8) is 0 Å². The number of piperazine rings is 1. The van der Waals surface area contributed by atoms with Crippen LogP contribution in [0.2, 0.25) is 0 Å². The van der Waals surface area contributed by atoms with E-state index < -0.39 is 29.5 Å². The second kappa shape index (κ2) is 9.20. The second-order valence-electron chi connectivity index (χ2n) is 6.72. The normalized spacial score (nSPS) is 20.2. The molecule has 1 N–H and O–H groups in total. The Kier molecular flexibility index (Phi) is 8.29. The Bertz CT molecular complexity index is 610. The zero-order valence-corrected chi connectivity index (χ0v) is 16.0. The molecule has 2 nitrogen and oxygen atoms in total. The lowest BCUT2D eigenvalue weighted by Crippen LogP contribution is -2.48. The summed E-state index contributed by atoms with van der Waals surface area (Å²) in [5, 5.41) is 3.13. The fourth-order valence-electron chi connectivity index (χ4n) is 3.71. The van der Waals surface area contributed by atoms with Gasteiger partial charge in [-0.1, -0.05) is 6.42 Å². The van der Waals surface area contributed by atoms with Gasteiger partial charge >= 0.3 is 12.4 Å². The number of nitrogens with zero attached hydrogens (tertiary/aromatic N) is 1. The Hall–Kier alpha value is -0.700. The van der Waals surface area contributed by atoms with E-state index in [4.69, 9.17) is 0 Å². The average Bonchev–Trinajstić information content (AvgIpc) is 2.49. The molecule has 0 bridgehead atoms. The molecule has 156 valence electrons. The molecule has 1 aromatic carbocycles. The molecule has 2 fully saturated rings. The second-order valence-corrected chi connectivity index (χ2v) is 6.72. The average molecular weight is 439 g/mol. The van der Waals surface area contributed by atoms with Crippen LogP contribution in [0.5, 0.6) is 0 Å². The zero-order valence-electron chi connectivity index (χ0n) is 14.4. The lowest BCUT2D eigenvalue weighted by molar-refractivity contribution is -0.142. The predicted octanol–water partition coefficient (Wildman–Crippen LogP) is 5.31. The molecular formula is C17H22Cl2F6N2. The maximum absolute atomic E-state index is 13.5. The summed E-state index contributed by atoms with van der Waals surface area (Å²) in [4.78, 5) is 1.91. The van der Waals surface area contributed by atoms with Gasteiger partial charge in [0.15, 0.2) is 0 Å². The number of halogens is 8. The van der Waals surface area contributed by atoms with Gasteiger partial charge in [0.05, 0.1) is 11.1 Å². The van der Waals surface area contributed by atoms with Gasteiger partial charge < -0.3 is 5.32 Å². The first kappa shape index (κ1) is 24.3. The number of rotatable bonds is 3. The standard InChI is InChI=1S/C17H20F6N2.2ClH/c18-16(19,20)12-4-5-14(17(21,22)23)13(10-12)15(11-2-1-3-11)25-8-6-24-7-9-25;;/h4-5,10-11,15,24H,1-3,6-9H2;2*1H/t15-;;/m1../s1. The third-order valence-corrected chi connectivity index (χ3v) is 5.14. The largest absolute Gasteiger partial charge is 0.416 e. The highest BCUT2D eigenvalue weighted by Crippen LogP contribution is 2.47. The summed E-state index contributed by atoms with van der Waals surface area (Å²) in [5.74, 6) is -0.0253. The van der Waals surface area contributed by atoms with Crippen LogP contribution in [0.4, 0.5) is 26.3 Å². The quantitative estimate of drug-likeness (QED) is 0.642. The molecule has 1 aliphatic carbocycles. The van der Waals surface area contributed by atoms with E-state index in [2.05, 4.69) is 5.32 Å². The van der Waals surface area contributed by atoms with Gasteiger partial charge in [-0.15, -0.1) is 24.8 Å². The van der Waals surface area contributed by atoms with Crippen LogP contribution in [0.1, 0.15) is 42.0 Å². The number of benzene rings is 1. The number of alkyl halides is 6. The highest BCUT2D eigenvalue weighted by Gasteiger charge is 2.42. The molecule has 1 atom stereocenters. The molecule has 1 heterocycles. The van der Waals surface area contributed by atoms with Crippen molar-refractivity contribution < 1.29 is 26.3 Å². The molecule has 3 rings (SSSR count). The monoisotopic (exact) mass is 438 g/mol. The lowest BCUT2D eigenvalue weighted by Gasteiger charge is -2.44. The minimum absolute atomic E-state index is 0. The Morgan fingerprint density at radius 3 is 1.96 bits per heavy atom. The number of nitrogens with one attached hydrogen (secondary N) is 1. The Morgan fingerprint density at radius 2 is 1.52 bits per heavy atom. The SMILES string of the molecule is Cl.Cl.FC(F)(F)c1ccc(C(F)(F)F)c([C@@H](C2CCC2)N2CCNCC2)c1. The molecule has 0 radical (unpaired) electrons. The highest BCUT2D eigenvalue weighted by atomic mass is 35.5. The van der Waals surface area contributed by atoms with Gasteiger partial charge in [0.25, 0.3) is 0 Å². The van der Waals surface area contributed by atoms with E-state index in [1.165, 1.54) is 0 Å². The van der Waals surface area contributed by atoms with E-state index in [0.717, 1.165) is 19.3 Å². The van der Waals surface area contributed by atoms with Crippen molar-refractivity contribution in [2.24, 2.45) is 5.92 Å². The van der Waals surface area contributed by atoms with Crippen LogP contribution in [-0.4, -0.2) is 31.1 Å². The van der Waals surface area contributed by atoms with Gasteiger partial charge in [-0.05, 0) is 42.5 Å². The summed E-state index contributed by atoms with van der Waals surface area (Å²) in [5.41, 5.74) is -2.19. The van der Waals surface area contributed by atoms with Gasteiger partial charge in [-0.25, -0.2) is 0 Å². The first-order chi connectivity index (χ1) is 11.7. The topological polar surface area (TPSA) is 15.3 Å². The van der Waals surface area contributed by atoms with E-state index in [1.54, 1.807) is 0 Å². The fourth-order valence-corrected chi connectivity index (χ4v) is 3.71. The molecule has 2 aliphatic rings. The van der Waals surface area contributed by atoms with Crippen LogP contribution in [0, 0.1) is 5.92 Å². The molecule has 0 spiro atoms. The van der Waals surface area contributed by atoms with Crippen molar-refractivity contribution in [2.75, 3.05) is 26.2 Å². The van der Waals surface area contributed by atoms with Crippen LogP contribution in [0.25, 0.3) is 0 Å². The van der Waals surface area contributed by atoms with Gasteiger partial charge in [0.1, 0.15) is 0 Å². The van der Waals surface area contributed by atoms with Crippen molar-refractivity contribution in [2.45, 2.75) is 37.7 Å². The molecule has 10 heteroatoms. The van der Waals surface area contributed by atoms with E-state index in [0.29, 0.717) is 44.4 Å². The number of hydrogen-bond acceptors (Lipinski definition) is 2. The zero-order chi connectivity index (χ0) is 18.2. The van der Waals surface area contributed by atoms with E-state index in [9.17, 15) is 26.3 Å². The Morgan fingerprint density at radius 1 is 0.926 bits per heavy atom. The van der Waals surface area contributed by atoms with Gasteiger partial charge in [0.2, 0.25) is 0 Å². The molecular weight excluding hydrogens is 417 g/mol. The maximum atomic E-state index is 13.5. The van der Waals surface area contributed by atoms with Crippen LogP contribution in [-0.2, 0) is 12.4 Å². The summed E-state index contributed by atoms with van der Waals surface area (Å²) in [7, 11) is 0. The molecule has 1 aromatic rings. The van der Waals surface area contributed by atoms with Gasteiger partial charge in [-0.2, -0.15) is 26.3 Å². The van der Waals surface area contributed by atoms with Crippen LogP contribution < -0.4 is 5.32 Å². The van der Waals surface area contributed by atoms with E-state index in [-0.39, 0.29) is 36.3 Å². The minimum Gasteiger partial charge on any atom is -0.314 e. The fraction of sp³-hybridized carbons (Fsp3) is 0.647. The first-order valence-electron chi connectivity index (χ1n) is 8.41. The summed E-state index contributed by atoms with van der Waals surface area (Å²) >= 11 is 0. The third kappa shape index (κ3) is 5.43. The van der Waals surface area contributed by atoms with Crippen molar-refractivity contribution >= 4 is 24.8 Å². The molecule has 0 unspecified atom stereocenters. The molecule has 1 aliphatic heterocycles. The van der Waals surface area contributed by atoms with Crippen molar-refractivity contribution in [1.82, 2.24) is 10.2 Å². The molecule has 0 aromatic heterocycles. The third-order valence-electron chi connectivity index (χ3n) is 5.14. The van der Waals surface area contributed by atoms with Gasteiger partial charge in [0, 0.05) is 32.2 Å². The summed E-state index contributed by atoms with van der Waals surface area (Å²) < 4.78 is 79.7. The molecule has 1 saturated heterocycles. The highest BCUT2D eigenvalue weighted by molar-refractivity contribution is 5.85. The molecule has 27 heavy (non-hydrogen) atoms. The summed E-state index contributed by atoms with van der Waals surface area (Å²) in [6, 6.07) is 1.22. The molecule has 1 saturated carbocycles.